The third-order valence-corrected chi connectivity index (χ3v) is 6.80. The number of rotatable bonds is 7. The van der Waals surface area contributed by atoms with Gasteiger partial charge in [-0.05, 0) is 32.8 Å². The van der Waals surface area contributed by atoms with Gasteiger partial charge in [0.2, 0.25) is 5.91 Å². The normalized spacial score (nSPS) is 35.5. The molecule has 0 saturated carbocycles. The smallest absolute Gasteiger partial charge is 0.463 e. The summed E-state index contributed by atoms with van der Waals surface area (Å²) in [7, 11) is -4.00. The molecule has 0 aromatic carbocycles. The number of phosphoric acid groups is 1. The van der Waals surface area contributed by atoms with Gasteiger partial charge in [0, 0.05) is 6.20 Å². The lowest BCUT2D eigenvalue weighted by atomic mass is 9.82. The van der Waals surface area contributed by atoms with Crippen molar-refractivity contribution in [1.29, 1.82) is 0 Å². The molecule has 0 aromatic rings. The highest BCUT2D eigenvalue weighted by Crippen LogP contribution is 2.59. The van der Waals surface area contributed by atoms with Crippen LogP contribution in [0.2, 0.25) is 0 Å². The number of nitrogens with zero attached hydrogens (tertiary/aromatic N) is 1. The second-order valence-corrected chi connectivity index (χ2v) is 10.2. The molecule has 32 heavy (non-hydrogen) atoms. The zero-order valence-corrected chi connectivity index (χ0v) is 19.4. The number of hydrogen-bond acceptors (Lipinski definition) is 9. The van der Waals surface area contributed by atoms with Crippen LogP contribution in [0.25, 0.3) is 0 Å². The van der Waals surface area contributed by atoms with Crippen molar-refractivity contribution in [3.63, 3.8) is 0 Å². The lowest BCUT2D eigenvalue weighted by Gasteiger charge is -2.37. The highest BCUT2D eigenvalue weighted by Gasteiger charge is 2.61. The van der Waals surface area contributed by atoms with E-state index in [4.69, 9.17) is 29.5 Å². The van der Waals surface area contributed by atoms with Crippen molar-refractivity contribution >= 4 is 25.5 Å². The summed E-state index contributed by atoms with van der Waals surface area (Å²) in [5.41, 5.74) is -1.18. The van der Waals surface area contributed by atoms with Crippen molar-refractivity contribution < 1.29 is 42.0 Å². The van der Waals surface area contributed by atoms with Crippen molar-refractivity contribution in [1.82, 2.24) is 4.90 Å². The molecule has 1 unspecified atom stereocenters. The molecule has 10 nitrogen and oxygen atoms in total. The number of fused-ring (bicyclic) bond motifs is 1. The van der Waals surface area contributed by atoms with Gasteiger partial charge in [-0.15, -0.1) is 6.42 Å². The third-order valence-electron chi connectivity index (χ3n) is 5.38. The largest absolute Gasteiger partial charge is 0.475 e. The molecule has 0 aromatic heterocycles. The van der Waals surface area contributed by atoms with Gasteiger partial charge in [0.25, 0.3) is 0 Å². The molecule has 6 atom stereocenters. The molecule has 0 spiro atoms. The van der Waals surface area contributed by atoms with Gasteiger partial charge in [-0.3, -0.25) is 32.9 Å². The minimum atomic E-state index is -4.00. The summed E-state index contributed by atoms with van der Waals surface area (Å²) >= 11 is 0. The van der Waals surface area contributed by atoms with Crippen molar-refractivity contribution in [2.45, 2.75) is 65.1 Å². The molecule has 0 aliphatic carbocycles. The molecule has 3 rings (SSSR count). The van der Waals surface area contributed by atoms with Gasteiger partial charge in [-0.25, -0.2) is 4.57 Å². The predicted octanol–water partition coefficient (Wildman–Crippen LogP) is 2.18. The van der Waals surface area contributed by atoms with E-state index >= 15 is 0 Å². The summed E-state index contributed by atoms with van der Waals surface area (Å²) in [6.45, 7) is 6.72. The number of allylic oxidation sites excluding steroid dienone is 1. The molecule has 3 aliphatic rings. The van der Waals surface area contributed by atoms with Crippen molar-refractivity contribution in [2.24, 2.45) is 11.3 Å². The first-order valence-electron chi connectivity index (χ1n) is 10.4. The zero-order valence-electron chi connectivity index (χ0n) is 18.5. The predicted molar refractivity (Wildman–Crippen MR) is 111 cm³/mol. The van der Waals surface area contributed by atoms with Crippen LogP contribution in [0, 0.1) is 23.7 Å². The van der Waals surface area contributed by atoms with Crippen molar-refractivity contribution in [3.8, 4) is 12.3 Å². The number of phosphoric ester groups is 1. The summed E-state index contributed by atoms with van der Waals surface area (Å²) in [6.07, 6.45) is 5.47. The number of terminal acetylenes is 1. The molecule has 0 radical (unpaired) electrons. The molecule has 176 valence electrons. The maximum absolute atomic E-state index is 13.1. The van der Waals surface area contributed by atoms with Gasteiger partial charge in [-0.2, -0.15) is 0 Å². The SMILES string of the molecule is C#C[C@]1(C)[C@@H]2O[P@](=O)(OCC(C)CC(=O)OC(C)C)OC[C@H]2O[C@H]1N1C=CC(=O)CC1=O. The average Bonchev–Trinajstić information content (AvgIpc) is 2.98. The summed E-state index contributed by atoms with van der Waals surface area (Å²) in [5.74, 6) is 1.16. The van der Waals surface area contributed by atoms with Crippen molar-refractivity contribution in [3.05, 3.63) is 12.3 Å². The molecule has 0 bridgehead atoms. The number of carbonyl (C=O) groups excluding carboxylic acids is 3. The summed E-state index contributed by atoms with van der Waals surface area (Å²) in [5, 5.41) is 0. The number of esters is 1. The Balaban J connectivity index is 1.67. The molecule has 3 aliphatic heterocycles. The number of hydrogen-bond donors (Lipinski definition) is 0. The van der Waals surface area contributed by atoms with Crippen LogP contribution in [0.3, 0.4) is 0 Å². The van der Waals surface area contributed by atoms with Gasteiger partial charge in [0.05, 0.1) is 32.2 Å². The Hall–Kier alpha value is -2.02. The van der Waals surface area contributed by atoms with Crippen LogP contribution in [0.5, 0.6) is 0 Å². The number of ketones is 1. The van der Waals surface area contributed by atoms with E-state index in [0.717, 1.165) is 0 Å². The topological polar surface area (TPSA) is 118 Å². The first kappa shape index (κ1) is 24.6. The van der Waals surface area contributed by atoms with Crippen LogP contribution in [0.4, 0.5) is 0 Å². The van der Waals surface area contributed by atoms with E-state index in [1.54, 1.807) is 27.7 Å². The van der Waals surface area contributed by atoms with E-state index < -0.39 is 37.6 Å². The van der Waals surface area contributed by atoms with Crippen LogP contribution in [-0.4, -0.2) is 60.3 Å². The Labute approximate surface area is 187 Å². The Bertz CT molecular complexity index is 894. The summed E-state index contributed by atoms with van der Waals surface area (Å²) < 4.78 is 40.6. The van der Waals surface area contributed by atoms with E-state index in [1.165, 1.54) is 17.2 Å². The monoisotopic (exact) mass is 469 g/mol. The molecular weight excluding hydrogens is 441 g/mol. The first-order chi connectivity index (χ1) is 15.0. The summed E-state index contributed by atoms with van der Waals surface area (Å²) in [6, 6.07) is 0. The molecule has 2 saturated heterocycles. The molecule has 11 heteroatoms. The first-order valence-corrected chi connectivity index (χ1v) is 11.9. The van der Waals surface area contributed by atoms with Crippen LogP contribution < -0.4 is 0 Å². The third kappa shape index (κ3) is 5.13. The van der Waals surface area contributed by atoms with E-state index in [9.17, 15) is 18.9 Å². The Morgan fingerprint density at radius 2 is 2.12 bits per heavy atom. The maximum atomic E-state index is 13.1. The maximum Gasteiger partial charge on any atom is 0.475 e. The molecular formula is C21H28NO9P. The van der Waals surface area contributed by atoms with Gasteiger partial charge in [0.1, 0.15) is 17.6 Å². The van der Waals surface area contributed by atoms with Gasteiger partial charge in [0.15, 0.2) is 12.0 Å². The molecule has 2 fully saturated rings. The zero-order chi connectivity index (χ0) is 23.7. The van der Waals surface area contributed by atoms with Gasteiger partial charge >= 0.3 is 13.8 Å². The van der Waals surface area contributed by atoms with Crippen LogP contribution >= 0.6 is 7.82 Å². The average molecular weight is 469 g/mol. The molecule has 1 amide bonds. The van der Waals surface area contributed by atoms with Gasteiger partial charge in [-0.1, -0.05) is 12.8 Å². The highest BCUT2D eigenvalue weighted by atomic mass is 31.2. The Morgan fingerprint density at radius 1 is 1.41 bits per heavy atom. The lowest BCUT2D eigenvalue weighted by Crippen LogP contribution is -2.49. The van der Waals surface area contributed by atoms with Crippen molar-refractivity contribution in [2.75, 3.05) is 13.2 Å². The van der Waals surface area contributed by atoms with E-state index in [-0.39, 0.29) is 49.8 Å². The minimum Gasteiger partial charge on any atom is -0.463 e. The number of carbonyl (C=O) groups is 3. The van der Waals surface area contributed by atoms with Gasteiger partial charge < -0.3 is 9.47 Å². The van der Waals surface area contributed by atoms with Crippen LogP contribution in [0.1, 0.15) is 40.5 Å². The van der Waals surface area contributed by atoms with E-state index in [2.05, 4.69) is 5.92 Å². The van der Waals surface area contributed by atoms with E-state index in [1.807, 2.05) is 0 Å². The Morgan fingerprint density at radius 3 is 2.75 bits per heavy atom. The second-order valence-electron chi connectivity index (χ2n) is 8.63. The second kappa shape index (κ2) is 9.46. The number of amides is 1. The fraction of sp³-hybridized carbons (Fsp3) is 0.667. The Kier molecular flexibility index (Phi) is 7.28. The van der Waals surface area contributed by atoms with E-state index in [0.29, 0.717) is 0 Å². The standard InChI is InChI=1S/C21H28NO9P/c1-6-21(5)19-16(30-20(21)22-8-7-15(23)10-17(22)24)12-28-32(26,31-19)27-11-14(4)9-18(25)29-13(2)3/h1,7-8,13-14,16,19-20H,9-12H2,2-5H3/t14?,16-,19-,20-,21-,32-/m1/s1. The fourth-order valence-electron chi connectivity index (χ4n) is 3.75. The number of ether oxygens (including phenoxy) is 2. The quantitative estimate of drug-likeness (QED) is 0.239. The fourth-order valence-corrected chi connectivity index (χ4v) is 5.34. The highest BCUT2D eigenvalue weighted by molar-refractivity contribution is 7.48. The lowest BCUT2D eigenvalue weighted by molar-refractivity contribution is -0.149. The summed E-state index contributed by atoms with van der Waals surface area (Å²) in [4.78, 5) is 36.9. The minimum absolute atomic E-state index is 0.0611. The van der Waals surface area contributed by atoms with Crippen LogP contribution in [0.15, 0.2) is 12.3 Å². The van der Waals surface area contributed by atoms with Crippen LogP contribution in [-0.2, 0) is 42.0 Å². The molecule has 3 heterocycles. The molecule has 0 N–H and O–H groups in total.